The van der Waals surface area contributed by atoms with Gasteiger partial charge in [0.1, 0.15) is 0 Å². The molecule has 0 heterocycles. The van der Waals surface area contributed by atoms with Crippen molar-refractivity contribution in [3.8, 4) is 0 Å². The fourth-order valence-corrected chi connectivity index (χ4v) is 1.50. The summed E-state index contributed by atoms with van der Waals surface area (Å²) in [6.45, 7) is 4.57. The molecule has 96 valence electrons. The summed E-state index contributed by atoms with van der Waals surface area (Å²) in [6.07, 6.45) is 0.174. The van der Waals surface area contributed by atoms with Crippen LogP contribution >= 0.6 is 0 Å². The fraction of sp³-hybridized carbons (Fsp3) is 0.909. The minimum Gasteiger partial charge on any atom is -0.469 e. The molecule has 0 aromatic heterocycles. The predicted molar refractivity (Wildman–Crippen MR) is 61.1 cm³/mol. The molecule has 0 saturated heterocycles. The van der Waals surface area contributed by atoms with Crippen LogP contribution < -0.4 is 5.32 Å². The molecule has 5 nitrogen and oxygen atoms in total. The Labute approximate surface area is 97.1 Å². The summed E-state index contributed by atoms with van der Waals surface area (Å²) in [6, 6.07) is 0.153. The van der Waals surface area contributed by atoms with Gasteiger partial charge < -0.3 is 19.9 Å². The number of methoxy groups -OCH3 is 2. The van der Waals surface area contributed by atoms with E-state index in [2.05, 4.69) is 10.1 Å². The fourth-order valence-electron chi connectivity index (χ4n) is 1.50. The van der Waals surface area contributed by atoms with Crippen molar-refractivity contribution in [2.75, 3.05) is 27.4 Å². The van der Waals surface area contributed by atoms with E-state index in [1.807, 2.05) is 13.8 Å². The van der Waals surface area contributed by atoms with Crippen LogP contribution in [0.3, 0.4) is 0 Å². The monoisotopic (exact) mass is 233 g/mol. The molecular weight excluding hydrogens is 210 g/mol. The zero-order valence-corrected chi connectivity index (χ0v) is 10.5. The number of esters is 1. The van der Waals surface area contributed by atoms with Crippen LogP contribution in [-0.4, -0.2) is 50.6 Å². The van der Waals surface area contributed by atoms with Crippen molar-refractivity contribution in [2.45, 2.75) is 32.4 Å². The number of ether oxygens (including phenoxy) is 2. The molecule has 0 aromatic rings. The average Bonchev–Trinajstić information content (AvgIpc) is 2.25. The van der Waals surface area contributed by atoms with Gasteiger partial charge in [-0.1, -0.05) is 6.92 Å². The molecule has 0 rings (SSSR count). The molecule has 2 N–H and O–H groups in total. The van der Waals surface area contributed by atoms with Crippen molar-refractivity contribution in [3.05, 3.63) is 0 Å². The molecule has 0 aromatic carbocycles. The zero-order valence-electron chi connectivity index (χ0n) is 10.5. The second-order valence-electron chi connectivity index (χ2n) is 4.08. The molecule has 3 atom stereocenters. The summed E-state index contributed by atoms with van der Waals surface area (Å²) >= 11 is 0. The highest BCUT2D eigenvalue weighted by Crippen LogP contribution is 2.07. The van der Waals surface area contributed by atoms with E-state index < -0.39 is 6.10 Å². The molecule has 0 spiro atoms. The lowest BCUT2D eigenvalue weighted by Gasteiger charge is -2.19. The van der Waals surface area contributed by atoms with Gasteiger partial charge in [-0.25, -0.2) is 0 Å². The van der Waals surface area contributed by atoms with Crippen molar-refractivity contribution in [1.29, 1.82) is 0 Å². The van der Waals surface area contributed by atoms with E-state index in [1.54, 1.807) is 7.11 Å². The highest BCUT2D eigenvalue weighted by Gasteiger charge is 2.16. The second-order valence-corrected chi connectivity index (χ2v) is 4.08. The maximum atomic E-state index is 11.2. The van der Waals surface area contributed by atoms with Crippen LogP contribution in [0.15, 0.2) is 0 Å². The van der Waals surface area contributed by atoms with Gasteiger partial charge in [0, 0.05) is 19.7 Å². The van der Waals surface area contributed by atoms with E-state index in [9.17, 15) is 9.90 Å². The number of aliphatic hydroxyl groups excluding tert-OH is 1. The Hall–Kier alpha value is -0.650. The Morgan fingerprint density at radius 2 is 2.00 bits per heavy atom. The number of rotatable bonds is 8. The van der Waals surface area contributed by atoms with Gasteiger partial charge in [-0.2, -0.15) is 0 Å². The number of hydrogen-bond donors (Lipinski definition) is 2. The van der Waals surface area contributed by atoms with Gasteiger partial charge in [0.05, 0.1) is 25.7 Å². The van der Waals surface area contributed by atoms with Crippen LogP contribution in [0.5, 0.6) is 0 Å². The molecule has 3 unspecified atom stereocenters. The lowest BCUT2D eigenvalue weighted by molar-refractivity contribution is -0.145. The second kappa shape index (κ2) is 8.50. The van der Waals surface area contributed by atoms with E-state index in [0.29, 0.717) is 19.6 Å². The van der Waals surface area contributed by atoms with Gasteiger partial charge in [-0.15, -0.1) is 0 Å². The molecule has 0 aliphatic carbocycles. The van der Waals surface area contributed by atoms with Gasteiger partial charge in [0.2, 0.25) is 0 Å². The first-order valence-electron chi connectivity index (χ1n) is 5.49. The molecule has 5 heteroatoms. The highest BCUT2D eigenvalue weighted by molar-refractivity contribution is 5.71. The Bertz CT molecular complexity index is 198. The van der Waals surface area contributed by atoms with Gasteiger partial charge in [0.25, 0.3) is 0 Å². The van der Waals surface area contributed by atoms with Crippen LogP contribution in [0, 0.1) is 5.92 Å². The van der Waals surface area contributed by atoms with E-state index >= 15 is 0 Å². The summed E-state index contributed by atoms with van der Waals surface area (Å²) in [5.41, 5.74) is 0. The number of nitrogens with one attached hydrogen (secondary N) is 1. The first-order valence-corrected chi connectivity index (χ1v) is 5.49. The number of aliphatic hydroxyl groups is 1. The third kappa shape index (κ3) is 6.76. The average molecular weight is 233 g/mol. The van der Waals surface area contributed by atoms with Crippen molar-refractivity contribution in [3.63, 3.8) is 0 Å². The van der Waals surface area contributed by atoms with Crippen molar-refractivity contribution >= 4 is 5.97 Å². The molecule has 0 radical (unpaired) electrons. The quantitative estimate of drug-likeness (QED) is 0.585. The highest BCUT2D eigenvalue weighted by atomic mass is 16.5. The van der Waals surface area contributed by atoms with Gasteiger partial charge in [-0.3, -0.25) is 4.79 Å². The topological polar surface area (TPSA) is 67.8 Å². The SMILES string of the molecule is COCC(O)CNC(C)CC(C)C(=O)OC. The van der Waals surface area contributed by atoms with Crippen LogP contribution in [0.2, 0.25) is 0 Å². The van der Waals surface area contributed by atoms with Crippen molar-refractivity contribution in [2.24, 2.45) is 5.92 Å². The van der Waals surface area contributed by atoms with E-state index in [4.69, 9.17) is 4.74 Å². The summed E-state index contributed by atoms with van der Waals surface area (Å²) in [5, 5.41) is 12.5. The number of carbonyl (C=O) groups is 1. The maximum absolute atomic E-state index is 11.2. The Kier molecular flexibility index (Phi) is 8.15. The molecular formula is C11H23NO4. The molecule has 0 fully saturated rings. The summed E-state index contributed by atoms with van der Waals surface area (Å²) < 4.78 is 9.45. The molecule has 0 amide bonds. The van der Waals surface area contributed by atoms with Gasteiger partial charge in [-0.05, 0) is 13.3 Å². The van der Waals surface area contributed by atoms with Gasteiger partial charge in [0.15, 0.2) is 0 Å². The van der Waals surface area contributed by atoms with Crippen LogP contribution in [-0.2, 0) is 14.3 Å². The molecule has 0 saturated carbocycles. The standard InChI is InChI=1S/C11H23NO4/c1-8(11(14)16-4)5-9(2)12-6-10(13)7-15-3/h8-10,12-13H,5-7H2,1-4H3. The summed E-state index contributed by atoms with van der Waals surface area (Å²) in [5.74, 6) is -0.335. The number of carbonyl (C=O) groups excluding carboxylic acids is 1. The minimum absolute atomic E-state index is 0.132. The van der Waals surface area contributed by atoms with Crippen molar-refractivity contribution in [1.82, 2.24) is 5.32 Å². The lowest BCUT2D eigenvalue weighted by atomic mass is 10.0. The van der Waals surface area contributed by atoms with Crippen LogP contribution in [0.1, 0.15) is 20.3 Å². The Morgan fingerprint density at radius 1 is 1.38 bits per heavy atom. The molecule has 0 bridgehead atoms. The number of hydrogen-bond acceptors (Lipinski definition) is 5. The van der Waals surface area contributed by atoms with Crippen LogP contribution in [0.4, 0.5) is 0 Å². The maximum Gasteiger partial charge on any atom is 0.308 e. The lowest BCUT2D eigenvalue weighted by Crippen LogP contribution is -2.37. The molecule has 0 aliphatic heterocycles. The minimum atomic E-state index is -0.513. The largest absolute Gasteiger partial charge is 0.469 e. The zero-order chi connectivity index (χ0) is 12.6. The first kappa shape index (κ1) is 15.3. The first-order chi connectivity index (χ1) is 7.51. The summed E-state index contributed by atoms with van der Waals surface area (Å²) in [4.78, 5) is 11.2. The smallest absolute Gasteiger partial charge is 0.308 e. The van der Waals surface area contributed by atoms with E-state index in [0.717, 1.165) is 0 Å². The third-order valence-corrected chi connectivity index (χ3v) is 2.37. The molecule has 16 heavy (non-hydrogen) atoms. The van der Waals surface area contributed by atoms with E-state index in [1.165, 1.54) is 7.11 Å². The Morgan fingerprint density at radius 3 is 2.50 bits per heavy atom. The van der Waals surface area contributed by atoms with E-state index in [-0.39, 0.29) is 17.9 Å². The molecule has 0 aliphatic rings. The predicted octanol–water partition coefficient (Wildman–Crippen LogP) is 0.171. The van der Waals surface area contributed by atoms with Gasteiger partial charge >= 0.3 is 5.97 Å². The Balaban J connectivity index is 3.73. The van der Waals surface area contributed by atoms with Crippen molar-refractivity contribution < 1.29 is 19.4 Å². The summed E-state index contributed by atoms with van der Waals surface area (Å²) in [7, 11) is 2.94. The normalized spacial score (nSPS) is 16.6. The third-order valence-electron chi connectivity index (χ3n) is 2.37. The van der Waals surface area contributed by atoms with Crippen LogP contribution in [0.25, 0.3) is 0 Å².